The predicted molar refractivity (Wildman–Crippen MR) is 70.2 cm³/mol. The first-order valence-electron chi connectivity index (χ1n) is 7.00. The lowest BCUT2D eigenvalue weighted by molar-refractivity contribution is -0.133. The number of hydrogen-bond donors (Lipinski definition) is 3. The van der Waals surface area contributed by atoms with Gasteiger partial charge in [-0.15, -0.1) is 0 Å². The maximum absolute atomic E-state index is 12.2. The van der Waals surface area contributed by atoms with Crippen molar-refractivity contribution in [2.75, 3.05) is 26.2 Å². The molecule has 2 atom stereocenters. The van der Waals surface area contributed by atoms with Crippen LogP contribution in [0.4, 0.5) is 0 Å². The lowest BCUT2D eigenvalue weighted by Crippen LogP contribution is -2.45. The second-order valence-corrected chi connectivity index (χ2v) is 4.96. The quantitative estimate of drug-likeness (QED) is 0.540. The third kappa shape index (κ3) is 4.92. The fourth-order valence-corrected chi connectivity index (χ4v) is 2.31. The SMILES string of the molecule is CCCCCCN(CCO)C(=O)C1CC(O)CN1. The van der Waals surface area contributed by atoms with Crippen molar-refractivity contribution in [1.29, 1.82) is 0 Å². The van der Waals surface area contributed by atoms with Crippen molar-refractivity contribution in [3.8, 4) is 0 Å². The first-order valence-corrected chi connectivity index (χ1v) is 7.00. The standard InChI is InChI=1S/C13H26N2O3/c1-2-3-4-5-6-15(7-8-16)13(18)12-9-11(17)10-14-12/h11-12,14,16-17H,2-10H2,1H3. The lowest BCUT2D eigenvalue weighted by atomic mass is 10.1. The zero-order valence-corrected chi connectivity index (χ0v) is 11.3. The molecular formula is C13H26N2O3. The van der Waals surface area contributed by atoms with Crippen LogP contribution in [0.5, 0.6) is 0 Å². The largest absolute Gasteiger partial charge is 0.395 e. The lowest BCUT2D eigenvalue weighted by Gasteiger charge is -2.25. The van der Waals surface area contributed by atoms with Gasteiger partial charge in [-0.1, -0.05) is 26.2 Å². The van der Waals surface area contributed by atoms with E-state index in [1.54, 1.807) is 4.90 Å². The van der Waals surface area contributed by atoms with E-state index >= 15 is 0 Å². The minimum absolute atomic E-state index is 0.00517. The van der Waals surface area contributed by atoms with E-state index in [0.29, 0.717) is 26.1 Å². The summed E-state index contributed by atoms with van der Waals surface area (Å²) >= 11 is 0. The average molecular weight is 258 g/mol. The third-order valence-corrected chi connectivity index (χ3v) is 3.37. The van der Waals surface area contributed by atoms with Crippen molar-refractivity contribution in [2.24, 2.45) is 0 Å². The molecule has 0 aliphatic carbocycles. The monoisotopic (exact) mass is 258 g/mol. The molecule has 2 unspecified atom stereocenters. The number of nitrogens with zero attached hydrogens (tertiary/aromatic N) is 1. The molecule has 5 heteroatoms. The number of hydrogen-bond acceptors (Lipinski definition) is 4. The van der Waals surface area contributed by atoms with Crippen LogP contribution in [-0.4, -0.2) is 59.4 Å². The Kier molecular flexibility index (Phi) is 7.23. The molecule has 0 aromatic heterocycles. The molecule has 1 aliphatic rings. The Morgan fingerprint density at radius 2 is 2.11 bits per heavy atom. The second-order valence-electron chi connectivity index (χ2n) is 4.96. The van der Waals surface area contributed by atoms with E-state index in [9.17, 15) is 9.90 Å². The summed E-state index contributed by atoms with van der Waals surface area (Å²) in [6, 6.07) is -0.280. The summed E-state index contributed by atoms with van der Waals surface area (Å²) in [6.07, 6.45) is 4.51. The summed E-state index contributed by atoms with van der Waals surface area (Å²) in [4.78, 5) is 13.9. The van der Waals surface area contributed by atoms with E-state index in [-0.39, 0.29) is 18.6 Å². The molecule has 0 spiro atoms. The molecule has 18 heavy (non-hydrogen) atoms. The Bertz CT molecular complexity index is 248. The summed E-state index contributed by atoms with van der Waals surface area (Å²) in [7, 11) is 0. The normalized spacial score (nSPS) is 23.3. The maximum atomic E-state index is 12.2. The van der Waals surface area contributed by atoms with E-state index in [4.69, 9.17) is 5.11 Å². The molecule has 1 saturated heterocycles. The summed E-state index contributed by atoms with van der Waals surface area (Å²) < 4.78 is 0. The molecule has 1 fully saturated rings. The first-order chi connectivity index (χ1) is 8.69. The molecule has 1 amide bonds. The number of aliphatic hydroxyl groups excluding tert-OH is 2. The molecule has 106 valence electrons. The number of β-amino-alcohol motifs (C(OH)–C–C–N with tert-alkyl or cyclic N) is 1. The Morgan fingerprint density at radius 3 is 2.67 bits per heavy atom. The Balaban J connectivity index is 2.37. The molecule has 0 saturated carbocycles. The fourth-order valence-electron chi connectivity index (χ4n) is 2.31. The van der Waals surface area contributed by atoms with Crippen LogP contribution in [0.3, 0.4) is 0 Å². The van der Waals surface area contributed by atoms with Gasteiger partial charge in [0.05, 0.1) is 18.8 Å². The predicted octanol–water partition coefficient (Wildman–Crippen LogP) is 0.110. The summed E-state index contributed by atoms with van der Waals surface area (Å²) in [5.74, 6) is 0.0112. The second kappa shape index (κ2) is 8.45. The maximum Gasteiger partial charge on any atom is 0.239 e. The Hall–Kier alpha value is -0.650. The number of rotatable bonds is 8. The number of amides is 1. The van der Waals surface area contributed by atoms with Gasteiger partial charge in [0, 0.05) is 19.6 Å². The highest BCUT2D eigenvalue weighted by Gasteiger charge is 2.30. The van der Waals surface area contributed by atoms with Crippen LogP contribution in [-0.2, 0) is 4.79 Å². The Labute approximate surface area is 109 Å². The summed E-state index contributed by atoms with van der Waals surface area (Å²) in [6.45, 7) is 3.72. The van der Waals surface area contributed by atoms with E-state index < -0.39 is 6.10 Å². The van der Waals surface area contributed by atoms with Gasteiger partial charge in [-0.2, -0.15) is 0 Å². The third-order valence-electron chi connectivity index (χ3n) is 3.37. The van der Waals surface area contributed by atoms with E-state index in [0.717, 1.165) is 12.8 Å². The average Bonchev–Trinajstić information content (AvgIpc) is 2.79. The highest BCUT2D eigenvalue weighted by Crippen LogP contribution is 2.11. The summed E-state index contributed by atoms with van der Waals surface area (Å²) in [5.41, 5.74) is 0. The van der Waals surface area contributed by atoms with E-state index in [1.807, 2.05) is 0 Å². The molecule has 0 radical (unpaired) electrons. The van der Waals surface area contributed by atoms with Crippen LogP contribution >= 0.6 is 0 Å². The van der Waals surface area contributed by atoms with E-state index in [1.165, 1.54) is 12.8 Å². The van der Waals surface area contributed by atoms with Gasteiger partial charge >= 0.3 is 0 Å². The molecule has 0 aromatic carbocycles. The van der Waals surface area contributed by atoms with Crippen molar-refractivity contribution < 1.29 is 15.0 Å². The zero-order valence-electron chi connectivity index (χ0n) is 11.3. The first kappa shape index (κ1) is 15.4. The van der Waals surface area contributed by atoms with Crippen LogP contribution in [0.1, 0.15) is 39.0 Å². The van der Waals surface area contributed by atoms with Crippen LogP contribution in [0.2, 0.25) is 0 Å². The van der Waals surface area contributed by atoms with Gasteiger partial charge in [0.2, 0.25) is 5.91 Å². The molecular weight excluding hydrogens is 232 g/mol. The van der Waals surface area contributed by atoms with E-state index in [2.05, 4.69) is 12.2 Å². The molecule has 0 aromatic rings. The number of carbonyl (C=O) groups excluding carboxylic acids is 1. The van der Waals surface area contributed by atoms with Crippen LogP contribution in [0, 0.1) is 0 Å². The highest BCUT2D eigenvalue weighted by atomic mass is 16.3. The van der Waals surface area contributed by atoms with Crippen molar-refractivity contribution in [3.05, 3.63) is 0 Å². The number of aliphatic hydroxyl groups is 2. The number of unbranched alkanes of at least 4 members (excludes halogenated alkanes) is 3. The Morgan fingerprint density at radius 1 is 1.33 bits per heavy atom. The molecule has 1 heterocycles. The van der Waals surface area contributed by atoms with Gasteiger partial charge in [0.15, 0.2) is 0 Å². The van der Waals surface area contributed by atoms with Crippen LogP contribution in [0.15, 0.2) is 0 Å². The molecule has 3 N–H and O–H groups in total. The minimum Gasteiger partial charge on any atom is -0.395 e. The molecule has 0 bridgehead atoms. The highest BCUT2D eigenvalue weighted by molar-refractivity contribution is 5.82. The minimum atomic E-state index is -0.421. The van der Waals surface area contributed by atoms with Gasteiger partial charge in [-0.05, 0) is 12.8 Å². The number of nitrogens with one attached hydrogen (secondary N) is 1. The van der Waals surface area contributed by atoms with Gasteiger partial charge in [0.1, 0.15) is 0 Å². The summed E-state index contributed by atoms with van der Waals surface area (Å²) in [5, 5.41) is 21.5. The smallest absolute Gasteiger partial charge is 0.239 e. The van der Waals surface area contributed by atoms with Crippen molar-refractivity contribution in [2.45, 2.75) is 51.2 Å². The fraction of sp³-hybridized carbons (Fsp3) is 0.923. The van der Waals surface area contributed by atoms with Gasteiger partial charge in [-0.25, -0.2) is 0 Å². The van der Waals surface area contributed by atoms with Gasteiger partial charge in [-0.3, -0.25) is 4.79 Å². The molecule has 1 aliphatic heterocycles. The topological polar surface area (TPSA) is 72.8 Å². The van der Waals surface area contributed by atoms with Crippen molar-refractivity contribution in [1.82, 2.24) is 10.2 Å². The number of carbonyl (C=O) groups is 1. The zero-order chi connectivity index (χ0) is 13.4. The van der Waals surface area contributed by atoms with Crippen LogP contribution < -0.4 is 5.32 Å². The van der Waals surface area contributed by atoms with Crippen molar-refractivity contribution >= 4 is 5.91 Å². The van der Waals surface area contributed by atoms with Crippen LogP contribution in [0.25, 0.3) is 0 Å². The molecule has 5 nitrogen and oxygen atoms in total. The van der Waals surface area contributed by atoms with Gasteiger partial charge in [0.25, 0.3) is 0 Å². The van der Waals surface area contributed by atoms with Crippen molar-refractivity contribution in [3.63, 3.8) is 0 Å². The van der Waals surface area contributed by atoms with Gasteiger partial charge < -0.3 is 20.4 Å². The molecule has 1 rings (SSSR count).